The average molecular weight is 808 g/mol. The third kappa shape index (κ3) is 44.2. The molecule has 0 aromatic carbocycles. The molecule has 0 aliphatic heterocycles. The van der Waals surface area contributed by atoms with Crippen LogP contribution in [0.3, 0.4) is 0 Å². The van der Waals surface area contributed by atoms with Crippen LogP contribution in [0.2, 0.25) is 0 Å². The normalized spacial score (nSPS) is 12.6. The van der Waals surface area contributed by atoms with Crippen LogP contribution < -0.4 is 5.32 Å². The fourth-order valence-electron chi connectivity index (χ4n) is 8.17. The van der Waals surface area contributed by atoms with Crippen LogP contribution in [0, 0.1) is 0 Å². The molecule has 57 heavy (non-hydrogen) atoms. The van der Waals surface area contributed by atoms with Crippen molar-refractivity contribution in [1.29, 1.82) is 0 Å². The Bertz CT molecular complexity index is 806. The van der Waals surface area contributed by atoms with E-state index in [-0.39, 0.29) is 18.5 Å². The van der Waals surface area contributed by atoms with Gasteiger partial charge in [-0.05, 0) is 25.7 Å². The van der Waals surface area contributed by atoms with Crippen molar-refractivity contribution in [3.8, 4) is 0 Å². The van der Waals surface area contributed by atoms with Gasteiger partial charge in [-0.1, -0.05) is 251 Å². The molecule has 0 aromatic heterocycles. The van der Waals surface area contributed by atoms with Crippen molar-refractivity contribution in [2.24, 2.45) is 0 Å². The number of hydrogen-bond donors (Lipinski definition) is 3. The van der Waals surface area contributed by atoms with Crippen molar-refractivity contribution in [2.45, 2.75) is 302 Å². The van der Waals surface area contributed by atoms with E-state index in [4.69, 9.17) is 4.74 Å². The molecule has 0 rings (SSSR count). The van der Waals surface area contributed by atoms with Crippen LogP contribution >= 0.6 is 0 Å². The standard InChI is InChI=1S/C51H101NO5/c1-3-5-7-9-11-13-15-16-17-18-21-25-29-33-37-41-45-51(56)57-46-42-38-34-30-26-22-19-20-24-28-32-36-40-44-50(55)52-48(47-53)49(54)43-39-35-31-27-23-14-12-10-8-6-4-2/h48-49,53-54H,3-47H2,1-2H3,(H,52,55). The molecule has 0 radical (unpaired) electrons. The van der Waals surface area contributed by atoms with Crippen LogP contribution in [0.4, 0.5) is 0 Å². The minimum Gasteiger partial charge on any atom is -0.466 e. The first-order valence-corrected chi connectivity index (χ1v) is 25.8. The third-order valence-corrected chi connectivity index (χ3v) is 12.2. The van der Waals surface area contributed by atoms with Crippen molar-refractivity contribution in [3.05, 3.63) is 0 Å². The highest BCUT2D eigenvalue weighted by atomic mass is 16.5. The molecular weight excluding hydrogens is 707 g/mol. The van der Waals surface area contributed by atoms with Gasteiger partial charge in [0.05, 0.1) is 25.4 Å². The summed E-state index contributed by atoms with van der Waals surface area (Å²) in [6.07, 6.45) is 52.1. The molecule has 3 N–H and O–H groups in total. The number of nitrogens with one attached hydrogen (secondary N) is 1. The van der Waals surface area contributed by atoms with Crippen LogP contribution in [-0.2, 0) is 14.3 Å². The quantitative estimate of drug-likeness (QED) is 0.0420. The molecule has 1 amide bonds. The predicted molar refractivity (Wildman–Crippen MR) is 246 cm³/mol. The molecule has 0 aliphatic rings. The Morgan fingerprint density at radius 1 is 0.421 bits per heavy atom. The van der Waals surface area contributed by atoms with Crippen molar-refractivity contribution >= 4 is 11.9 Å². The molecule has 340 valence electrons. The topological polar surface area (TPSA) is 95.9 Å². The van der Waals surface area contributed by atoms with Crippen molar-refractivity contribution in [2.75, 3.05) is 13.2 Å². The lowest BCUT2D eigenvalue weighted by molar-refractivity contribution is -0.143. The number of unbranched alkanes of at least 4 members (excludes halogenated alkanes) is 37. The first kappa shape index (κ1) is 55.9. The second-order valence-corrected chi connectivity index (χ2v) is 17.9. The summed E-state index contributed by atoms with van der Waals surface area (Å²) in [6.45, 7) is 4.93. The Hall–Kier alpha value is -1.14. The molecule has 0 saturated carbocycles. The maximum absolute atomic E-state index is 12.4. The monoisotopic (exact) mass is 808 g/mol. The van der Waals surface area contributed by atoms with E-state index in [0.29, 0.717) is 25.9 Å². The van der Waals surface area contributed by atoms with E-state index in [1.165, 1.54) is 205 Å². The third-order valence-electron chi connectivity index (χ3n) is 12.2. The van der Waals surface area contributed by atoms with Gasteiger partial charge in [-0.25, -0.2) is 0 Å². The highest BCUT2D eigenvalue weighted by Crippen LogP contribution is 2.17. The molecule has 2 unspecified atom stereocenters. The number of hydrogen-bond acceptors (Lipinski definition) is 5. The zero-order valence-corrected chi connectivity index (χ0v) is 38.6. The van der Waals surface area contributed by atoms with E-state index >= 15 is 0 Å². The number of amides is 1. The Kier molecular flexibility index (Phi) is 46.6. The van der Waals surface area contributed by atoms with E-state index in [1.54, 1.807) is 0 Å². The highest BCUT2D eigenvalue weighted by molar-refractivity contribution is 5.76. The van der Waals surface area contributed by atoms with Crippen LogP contribution in [0.1, 0.15) is 290 Å². The van der Waals surface area contributed by atoms with Crippen LogP contribution in [-0.4, -0.2) is 47.4 Å². The van der Waals surface area contributed by atoms with Gasteiger partial charge in [0.2, 0.25) is 5.91 Å². The van der Waals surface area contributed by atoms with Gasteiger partial charge < -0.3 is 20.3 Å². The summed E-state index contributed by atoms with van der Waals surface area (Å²) in [5, 5.41) is 23.1. The Labute approximate surface area is 356 Å². The number of esters is 1. The smallest absolute Gasteiger partial charge is 0.305 e. The zero-order valence-electron chi connectivity index (χ0n) is 38.6. The van der Waals surface area contributed by atoms with E-state index in [0.717, 1.165) is 51.4 Å². The van der Waals surface area contributed by atoms with Gasteiger partial charge in [0.1, 0.15) is 0 Å². The minimum absolute atomic E-state index is 0.00167. The first-order valence-electron chi connectivity index (χ1n) is 25.8. The van der Waals surface area contributed by atoms with Crippen LogP contribution in [0.5, 0.6) is 0 Å². The summed E-state index contributed by atoms with van der Waals surface area (Å²) in [6, 6.07) is -0.548. The lowest BCUT2D eigenvalue weighted by atomic mass is 10.0. The summed E-state index contributed by atoms with van der Waals surface area (Å²) in [5.74, 6) is -0.0491. The number of aliphatic hydroxyl groups is 2. The van der Waals surface area contributed by atoms with Crippen molar-refractivity contribution in [3.63, 3.8) is 0 Å². The number of aliphatic hydroxyl groups excluding tert-OH is 2. The number of ether oxygens (including phenoxy) is 1. The maximum Gasteiger partial charge on any atom is 0.305 e. The largest absolute Gasteiger partial charge is 0.466 e. The van der Waals surface area contributed by atoms with Gasteiger partial charge >= 0.3 is 5.97 Å². The van der Waals surface area contributed by atoms with Gasteiger partial charge in [0, 0.05) is 12.8 Å². The van der Waals surface area contributed by atoms with Gasteiger partial charge in [0.15, 0.2) is 0 Å². The average Bonchev–Trinajstić information content (AvgIpc) is 3.21. The molecule has 0 saturated heterocycles. The van der Waals surface area contributed by atoms with E-state index in [2.05, 4.69) is 19.2 Å². The molecule has 2 atom stereocenters. The first-order chi connectivity index (χ1) is 28.0. The van der Waals surface area contributed by atoms with Crippen LogP contribution in [0.25, 0.3) is 0 Å². The molecule has 0 fully saturated rings. The summed E-state index contributed by atoms with van der Waals surface area (Å²) in [7, 11) is 0. The molecule has 0 bridgehead atoms. The number of carbonyl (C=O) groups is 2. The highest BCUT2D eigenvalue weighted by Gasteiger charge is 2.20. The van der Waals surface area contributed by atoms with E-state index in [1.807, 2.05) is 0 Å². The Morgan fingerprint density at radius 2 is 0.719 bits per heavy atom. The summed E-state index contributed by atoms with van der Waals surface area (Å²) >= 11 is 0. The Balaban J connectivity index is 3.40. The SMILES string of the molecule is CCCCCCCCCCCCCCCCCCC(=O)OCCCCCCCCCCCCCCCC(=O)NC(CO)C(O)CCCCCCCCCCCCC. The summed E-state index contributed by atoms with van der Waals surface area (Å²) in [5.41, 5.74) is 0. The predicted octanol–water partition coefficient (Wildman–Crippen LogP) is 15.2. The van der Waals surface area contributed by atoms with Crippen molar-refractivity contribution in [1.82, 2.24) is 5.32 Å². The fraction of sp³-hybridized carbons (Fsp3) is 0.961. The van der Waals surface area contributed by atoms with Gasteiger partial charge in [-0.2, -0.15) is 0 Å². The molecule has 6 heteroatoms. The molecule has 0 heterocycles. The number of rotatable bonds is 48. The summed E-state index contributed by atoms with van der Waals surface area (Å²) < 4.78 is 5.47. The number of carbonyl (C=O) groups excluding carboxylic acids is 2. The fourth-order valence-corrected chi connectivity index (χ4v) is 8.17. The van der Waals surface area contributed by atoms with Crippen molar-refractivity contribution < 1.29 is 24.5 Å². The van der Waals surface area contributed by atoms with Gasteiger partial charge in [0.25, 0.3) is 0 Å². The molecular formula is C51H101NO5. The lowest BCUT2D eigenvalue weighted by Crippen LogP contribution is -2.45. The summed E-state index contributed by atoms with van der Waals surface area (Å²) in [4.78, 5) is 24.5. The zero-order chi connectivity index (χ0) is 41.5. The minimum atomic E-state index is -0.669. The second kappa shape index (κ2) is 47.5. The molecule has 6 nitrogen and oxygen atoms in total. The second-order valence-electron chi connectivity index (χ2n) is 17.9. The Morgan fingerprint density at radius 3 is 1.07 bits per heavy atom. The van der Waals surface area contributed by atoms with Crippen LogP contribution in [0.15, 0.2) is 0 Å². The lowest BCUT2D eigenvalue weighted by Gasteiger charge is -2.22. The molecule has 0 aromatic rings. The maximum atomic E-state index is 12.4. The van der Waals surface area contributed by atoms with E-state index in [9.17, 15) is 19.8 Å². The van der Waals surface area contributed by atoms with Gasteiger partial charge in [-0.15, -0.1) is 0 Å². The van der Waals surface area contributed by atoms with Gasteiger partial charge in [-0.3, -0.25) is 9.59 Å². The molecule has 0 spiro atoms. The molecule has 0 aliphatic carbocycles. The van der Waals surface area contributed by atoms with E-state index < -0.39 is 12.1 Å².